The molecule has 0 bridgehead atoms. The van der Waals surface area contributed by atoms with Crippen LogP contribution >= 0.6 is 0 Å². The molecule has 0 radical (unpaired) electrons. The van der Waals surface area contributed by atoms with Crippen molar-refractivity contribution >= 4 is 5.69 Å². The first-order chi connectivity index (χ1) is 17.0. The van der Waals surface area contributed by atoms with Crippen LogP contribution in [0, 0.1) is 24.0 Å². The van der Waals surface area contributed by atoms with E-state index in [1.54, 1.807) is 0 Å². The molecule has 3 aromatic carbocycles. The van der Waals surface area contributed by atoms with Gasteiger partial charge in [0.1, 0.15) is 0 Å². The molecule has 3 nitrogen and oxygen atoms in total. The van der Waals surface area contributed by atoms with E-state index in [-0.39, 0.29) is 10.6 Å². The number of nitro benzene ring substituents is 1. The summed E-state index contributed by atoms with van der Waals surface area (Å²) in [6.45, 7) is 6.49. The highest BCUT2D eigenvalue weighted by Crippen LogP contribution is 2.34. The number of nitro groups is 1. The first-order valence-electron chi connectivity index (χ1n) is 13.4. The molecule has 0 atom stereocenters. The minimum atomic E-state index is -0.198. The SMILES string of the molecule is CCc1ccc(-c2cccc(CCCCCCCCCCc3ccc(C)cc3C)c2[N+](=O)[O-])cc1. The van der Waals surface area contributed by atoms with Gasteiger partial charge >= 0.3 is 0 Å². The Morgan fingerprint density at radius 3 is 1.89 bits per heavy atom. The van der Waals surface area contributed by atoms with Gasteiger partial charge < -0.3 is 0 Å². The van der Waals surface area contributed by atoms with Crippen molar-refractivity contribution in [3.8, 4) is 11.1 Å². The fourth-order valence-electron chi connectivity index (χ4n) is 4.98. The number of hydrogen-bond acceptors (Lipinski definition) is 2. The van der Waals surface area contributed by atoms with Gasteiger partial charge in [-0.2, -0.15) is 0 Å². The van der Waals surface area contributed by atoms with Crippen molar-refractivity contribution in [3.63, 3.8) is 0 Å². The van der Waals surface area contributed by atoms with Gasteiger partial charge in [-0.15, -0.1) is 0 Å². The molecule has 0 saturated carbocycles. The molecule has 0 aliphatic carbocycles. The maximum Gasteiger partial charge on any atom is 0.280 e. The number of para-hydroxylation sites is 1. The Hall–Kier alpha value is -2.94. The second kappa shape index (κ2) is 13.8. The van der Waals surface area contributed by atoms with E-state index in [0.29, 0.717) is 0 Å². The average Bonchev–Trinajstić information content (AvgIpc) is 2.86. The number of benzene rings is 3. The quantitative estimate of drug-likeness (QED) is 0.133. The number of hydrogen-bond donors (Lipinski definition) is 0. The van der Waals surface area contributed by atoms with Crippen molar-refractivity contribution in [2.75, 3.05) is 0 Å². The van der Waals surface area contributed by atoms with Crippen molar-refractivity contribution in [3.05, 3.63) is 98.6 Å². The zero-order chi connectivity index (χ0) is 25.0. The van der Waals surface area contributed by atoms with Crippen LogP contribution in [0.5, 0.6) is 0 Å². The number of rotatable bonds is 14. The molecule has 3 rings (SSSR count). The van der Waals surface area contributed by atoms with E-state index in [1.165, 1.54) is 67.2 Å². The molecule has 0 fully saturated rings. The van der Waals surface area contributed by atoms with Crippen LogP contribution in [0.1, 0.15) is 86.1 Å². The van der Waals surface area contributed by atoms with Gasteiger partial charge in [0.05, 0.1) is 10.5 Å². The van der Waals surface area contributed by atoms with Gasteiger partial charge in [0.2, 0.25) is 0 Å². The van der Waals surface area contributed by atoms with E-state index in [1.807, 2.05) is 30.3 Å². The molecule has 0 heterocycles. The Morgan fingerprint density at radius 1 is 0.714 bits per heavy atom. The molecule has 0 saturated heterocycles. The fourth-order valence-corrected chi connectivity index (χ4v) is 4.98. The highest BCUT2D eigenvalue weighted by molar-refractivity contribution is 5.75. The Kier molecular flexibility index (Phi) is 10.5. The topological polar surface area (TPSA) is 43.1 Å². The fraction of sp³-hybridized carbons (Fsp3) is 0.438. The molecule has 0 spiro atoms. The van der Waals surface area contributed by atoms with Gasteiger partial charge in [-0.25, -0.2) is 0 Å². The van der Waals surface area contributed by atoms with Crippen LogP contribution in [0.15, 0.2) is 60.7 Å². The summed E-state index contributed by atoms with van der Waals surface area (Å²) in [7, 11) is 0. The molecule has 0 N–H and O–H groups in total. The monoisotopic (exact) mass is 471 g/mol. The predicted molar refractivity (Wildman–Crippen MR) is 148 cm³/mol. The first-order valence-corrected chi connectivity index (χ1v) is 13.4. The summed E-state index contributed by atoms with van der Waals surface area (Å²) in [5.74, 6) is 0. The number of aryl methyl sites for hydroxylation is 5. The highest BCUT2D eigenvalue weighted by Gasteiger charge is 2.20. The van der Waals surface area contributed by atoms with Crippen molar-refractivity contribution in [1.29, 1.82) is 0 Å². The molecule has 0 aromatic heterocycles. The van der Waals surface area contributed by atoms with Crippen molar-refractivity contribution in [1.82, 2.24) is 0 Å². The Morgan fingerprint density at radius 2 is 1.31 bits per heavy atom. The first kappa shape index (κ1) is 26.7. The van der Waals surface area contributed by atoms with E-state index in [9.17, 15) is 10.1 Å². The van der Waals surface area contributed by atoms with Gasteiger partial charge in [-0.3, -0.25) is 10.1 Å². The Bertz CT molecular complexity index is 1090. The molecule has 3 aromatic rings. The molecule has 3 heteroatoms. The Labute approximate surface area is 211 Å². The molecule has 0 aliphatic heterocycles. The summed E-state index contributed by atoms with van der Waals surface area (Å²) in [5, 5.41) is 11.9. The summed E-state index contributed by atoms with van der Waals surface area (Å²) in [6, 6.07) is 20.7. The molecule has 0 amide bonds. The lowest BCUT2D eigenvalue weighted by Gasteiger charge is -2.09. The second-order valence-corrected chi connectivity index (χ2v) is 9.88. The summed E-state index contributed by atoms with van der Waals surface area (Å²) >= 11 is 0. The number of nitrogens with zero attached hydrogens (tertiary/aromatic N) is 1. The molecule has 0 unspecified atom stereocenters. The van der Waals surface area contributed by atoms with E-state index in [2.05, 4.69) is 51.1 Å². The summed E-state index contributed by atoms with van der Waals surface area (Å²) in [6.07, 6.45) is 12.7. The maximum absolute atomic E-state index is 11.9. The van der Waals surface area contributed by atoms with Crippen LogP contribution in [0.4, 0.5) is 5.69 Å². The minimum absolute atomic E-state index is 0.198. The van der Waals surface area contributed by atoms with Gasteiger partial charge in [-0.1, -0.05) is 106 Å². The summed E-state index contributed by atoms with van der Waals surface area (Å²) in [4.78, 5) is 11.7. The predicted octanol–water partition coefficient (Wildman–Crippen LogP) is 9.35. The lowest BCUT2D eigenvalue weighted by Crippen LogP contribution is -1.99. The van der Waals surface area contributed by atoms with Crippen molar-refractivity contribution in [2.24, 2.45) is 0 Å². The van der Waals surface area contributed by atoms with Crippen LogP contribution in [0.2, 0.25) is 0 Å². The average molecular weight is 472 g/mol. The van der Waals surface area contributed by atoms with E-state index >= 15 is 0 Å². The normalized spacial score (nSPS) is 11.1. The summed E-state index contributed by atoms with van der Waals surface area (Å²) < 4.78 is 0. The third-order valence-corrected chi connectivity index (χ3v) is 7.12. The zero-order valence-corrected chi connectivity index (χ0v) is 21.8. The van der Waals surface area contributed by atoms with Crippen LogP contribution in [0.3, 0.4) is 0 Å². The van der Waals surface area contributed by atoms with Crippen molar-refractivity contribution in [2.45, 2.75) is 91.4 Å². The summed E-state index contributed by atoms with van der Waals surface area (Å²) in [5.41, 5.74) is 8.30. The molecule has 186 valence electrons. The lowest BCUT2D eigenvalue weighted by atomic mass is 9.96. The number of unbranched alkanes of at least 4 members (excludes halogenated alkanes) is 7. The third-order valence-electron chi connectivity index (χ3n) is 7.12. The standard InChI is InChI=1S/C32H41NO2/c1-4-27-19-22-29(23-20-27)31-17-13-16-30(32(31)33(34)35)15-12-10-8-6-5-7-9-11-14-28-21-18-25(2)24-26(28)3/h13,16-24H,4-12,14-15H2,1-3H3. The minimum Gasteiger partial charge on any atom is -0.258 e. The van der Waals surface area contributed by atoms with Crippen LogP contribution < -0.4 is 0 Å². The molecule has 0 aliphatic rings. The lowest BCUT2D eigenvalue weighted by molar-refractivity contribution is -0.384. The third kappa shape index (κ3) is 8.06. The largest absolute Gasteiger partial charge is 0.280 e. The second-order valence-electron chi connectivity index (χ2n) is 9.88. The maximum atomic E-state index is 11.9. The van der Waals surface area contributed by atoms with Gasteiger partial charge in [0.25, 0.3) is 5.69 Å². The molecular formula is C32H41NO2. The van der Waals surface area contributed by atoms with Gasteiger partial charge in [0, 0.05) is 5.56 Å². The van der Waals surface area contributed by atoms with Gasteiger partial charge in [-0.05, 0) is 74.3 Å². The van der Waals surface area contributed by atoms with Gasteiger partial charge in [0.15, 0.2) is 0 Å². The van der Waals surface area contributed by atoms with E-state index in [4.69, 9.17) is 0 Å². The van der Waals surface area contributed by atoms with E-state index < -0.39 is 0 Å². The molecule has 35 heavy (non-hydrogen) atoms. The zero-order valence-electron chi connectivity index (χ0n) is 21.8. The van der Waals surface area contributed by atoms with Crippen LogP contribution in [-0.4, -0.2) is 4.92 Å². The van der Waals surface area contributed by atoms with Crippen LogP contribution in [-0.2, 0) is 19.3 Å². The van der Waals surface area contributed by atoms with E-state index in [0.717, 1.165) is 42.4 Å². The Balaban J connectivity index is 1.38. The highest BCUT2D eigenvalue weighted by atomic mass is 16.6. The van der Waals surface area contributed by atoms with Crippen LogP contribution in [0.25, 0.3) is 11.1 Å². The molecular weight excluding hydrogens is 430 g/mol. The smallest absolute Gasteiger partial charge is 0.258 e. The van der Waals surface area contributed by atoms with Crippen molar-refractivity contribution < 1.29 is 4.92 Å².